The molecule has 0 saturated heterocycles. The summed E-state index contributed by atoms with van der Waals surface area (Å²) in [5.41, 5.74) is 16.6. The van der Waals surface area contributed by atoms with Gasteiger partial charge >= 0.3 is 0 Å². The lowest BCUT2D eigenvalue weighted by atomic mass is 9.68. The van der Waals surface area contributed by atoms with E-state index in [2.05, 4.69) is 254 Å². The van der Waals surface area contributed by atoms with E-state index in [0.29, 0.717) is 0 Å². The van der Waals surface area contributed by atoms with Crippen LogP contribution in [0.5, 0.6) is 0 Å². The molecule has 0 fully saturated rings. The molecule has 0 radical (unpaired) electrons. The fraction of sp³-hybridized carbons (Fsp3) is 0.0159. The van der Waals surface area contributed by atoms with Crippen LogP contribution >= 0.6 is 0 Å². The standard InChI is InChI=1S/C63H41NO/c1-3-21-45(22-4-1)63(46-23-5-2-6-24-46)55-31-13-11-28-53(55)61-56(63)32-17-34-58(61)64(47-39-36-44(37-40-47)49-29-15-20-42-18-7-9-25-48(42)49)57-33-14-12-27-51(57)52-30-16-35-59-60(52)54-41-38-43-19-8-10-26-50(43)62(54)65-59/h1-41H. The van der Waals surface area contributed by atoms with Gasteiger partial charge in [-0.25, -0.2) is 0 Å². The Bertz CT molecular complexity index is 3730. The monoisotopic (exact) mass is 827 g/mol. The van der Waals surface area contributed by atoms with Crippen LogP contribution in [-0.4, -0.2) is 0 Å². The Labute approximate surface area is 377 Å². The summed E-state index contributed by atoms with van der Waals surface area (Å²) in [7, 11) is 0. The minimum atomic E-state index is -0.544. The number of hydrogen-bond donors (Lipinski definition) is 0. The first-order valence-electron chi connectivity index (χ1n) is 22.4. The van der Waals surface area contributed by atoms with Crippen LogP contribution < -0.4 is 4.90 Å². The van der Waals surface area contributed by atoms with Gasteiger partial charge in [-0.3, -0.25) is 0 Å². The number of furan rings is 1. The van der Waals surface area contributed by atoms with E-state index in [1.165, 1.54) is 60.7 Å². The highest BCUT2D eigenvalue weighted by atomic mass is 16.3. The summed E-state index contributed by atoms with van der Waals surface area (Å²) in [5, 5.41) is 6.99. The number of nitrogens with zero attached hydrogens (tertiary/aromatic N) is 1. The van der Waals surface area contributed by atoms with Gasteiger partial charge < -0.3 is 9.32 Å². The zero-order valence-electron chi connectivity index (χ0n) is 35.5. The van der Waals surface area contributed by atoms with Crippen molar-refractivity contribution in [2.45, 2.75) is 5.41 Å². The Morgan fingerprint density at radius 2 is 0.892 bits per heavy atom. The molecule has 1 aliphatic rings. The van der Waals surface area contributed by atoms with Crippen LogP contribution in [0.4, 0.5) is 17.1 Å². The molecule has 12 aromatic rings. The van der Waals surface area contributed by atoms with Crippen molar-refractivity contribution in [2.24, 2.45) is 0 Å². The van der Waals surface area contributed by atoms with Gasteiger partial charge in [0.15, 0.2) is 0 Å². The van der Waals surface area contributed by atoms with Gasteiger partial charge in [0, 0.05) is 33.0 Å². The molecule has 304 valence electrons. The normalized spacial score (nSPS) is 12.7. The minimum Gasteiger partial charge on any atom is -0.455 e. The smallest absolute Gasteiger partial charge is 0.143 e. The Morgan fingerprint density at radius 3 is 1.68 bits per heavy atom. The molecule has 65 heavy (non-hydrogen) atoms. The fourth-order valence-electron chi connectivity index (χ4n) is 11.0. The first kappa shape index (κ1) is 37.1. The Kier molecular flexibility index (Phi) is 8.47. The van der Waals surface area contributed by atoms with Crippen LogP contribution in [0, 0.1) is 0 Å². The van der Waals surface area contributed by atoms with E-state index in [4.69, 9.17) is 4.42 Å². The van der Waals surface area contributed by atoms with E-state index >= 15 is 0 Å². The summed E-state index contributed by atoms with van der Waals surface area (Å²) in [4.78, 5) is 2.50. The molecule has 2 nitrogen and oxygen atoms in total. The molecule has 2 heteroatoms. The molecule has 0 aliphatic heterocycles. The van der Waals surface area contributed by atoms with Crippen LogP contribution in [0.3, 0.4) is 0 Å². The van der Waals surface area contributed by atoms with Crippen molar-refractivity contribution in [2.75, 3.05) is 4.90 Å². The van der Waals surface area contributed by atoms with Crippen molar-refractivity contribution < 1.29 is 4.42 Å². The highest BCUT2D eigenvalue weighted by molar-refractivity contribution is 6.20. The van der Waals surface area contributed by atoms with Gasteiger partial charge in [0.05, 0.1) is 16.8 Å². The highest BCUT2D eigenvalue weighted by Crippen LogP contribution is 2.60. The number of anilines is 3. The number of fused-ring (bicyclic) bond motifs is 9. The summed E-state index contributed by atoms with van der Waals surface area (Å²) < 4.78 is 6.78. The number of benzene rings is 11. The quantitative estimate of drug-likeness (QED) is 0.159. The van der Waals surface area contributed by atoms with E-state index < -0.39 is 5.41 Å². The molecule has 1 aromatic heterocycles. The Balaban J connectivity index is 1.09. The topological polar surface area (TPSA) is 16.4 Å². The Hall–Kier alpha value is -8.46. The molecule has 0 atom stereocenters. The van der Waals surface area contributed by atoms with E-state index in [0.717, 1.165) is 55.5 Å². The van der Waals surface area contributed by atoms with Crippen molar-refractivity contribution in [1.82, 2.24) is 0 Å². The summed E-state index contributed by atoms with van der Waals surface area (Å²) >= 11 is 0. The molecule has 0 N–H and O–H groups in total. The lowest BCUT2D eigenvalue weighted by Crippen LogP contribution is -2.28. The first-order chi connectivity index (χ1) is 32.3. The third-order valence-electron chi connectivity index (χ3n) is 13.7. The van der Waals surface area contributed by atoms with E-state index in [-0.39, 0.29) is 0 Å². The largest absolute Gasteiger partial charge is 0.455 e. The molecule has 1 aliphatic carbocycles. The van der Waals surface area contributed by atoms with Gasteiger partial charge in [-0.1, -0.05) is 212 Å². The third kappa shape index (κ3) is 5.60. The molecular formula is C63H41NO. The summed E-state index contributed by atoms with van der Waals surface area (Å²) in [6.07, 6.45) is 0. The molecular weight excluding hydrogens is 787 g/mol. The predicted molar refractivity (Wildman–Crippen MR) is 272 cm³/mol. The zero-order chi connectivity index (χ0) is 42.9. The predicted octanol–water partition coefficient (Wildman–Crippen LogP) is 17.1. The second-order valence-corrected chi connectivity index (χ2v) is 17.1. The fourth-order valence-corrected chi connectivity index (χ4v) is 11.0. The lowest BCUT2D eigenvalue weighted by Gasteiger charge is -2.34. The molecule has 13 rings (SSSR count). The maximum absolute atomic E-state index is 6.78. The van der Waals surface area contributed by atoms with Crippen LogP contribution in [-0.2, 0) is 5.41 Å². The molecule has 0 spiro atoms. The van der Waals surface area contributed by atoms with Gasteiger partial charge in [-0.15, -0.1) is 0 Å². The zero-order valence-corrected chi connectivity index (χ0v) is 35.5. The molecule has 0 amide bonds. The average Bonchev–Trinajstić information content (AvgIpc) is 3.92. The second kappa shape index (κ2) is 14.8. The molecule has 0 unspecified atom stereocenters. The average molecular weight is 828 g/mol. The maximum Gasteiger partial charge on any atom is 0.143 e. The van der Waals surface area contributed by atoms with Gasteiger partial charge in [0.25, 0.3) is 0 Å². The van der Waals surface area contributed by atoms with Gasteiger partial charge in [0.2, 0.25) is 0 Å². The van der Waals surface area contributed by atoms with Gasteiger partial charge in [-0.05, 0) is 97.1 Å². The lowest BCUT2D eigenvalue weighted by molar-refractivity contribution is 0.673. The van der Waals surface area contributed by atoms with Crippen LogP contribution in [0.1, 0.15) is 22.3 Å². The van der Waals surface area contributed by atoms with Crippen molar-refractivity contribution in [3.63, 3.8) is 0 Å². The first-order valence-corrected chi connectivity index (χ1v) is 22.4. The SMILES string of the molecule is c1ccc(C2(c3ccccc3)c3ccccc3-c3c(N(c4ccc(-c5cccc6ccccc56)cc4)c4ccccc4-c4cccc5oc6c7ccccc7ccc6c45)cccc32)cc1. The van der Waals surface area contributed by atoms with E-state index in [1.807, 2.05) is 0 Å². The molecule has 1 heterocycles. The van der Waals surface area contributed by atoms with Crippen LogP contribution in [0.2, 0.25) is 0 Å². The number of rotatable bonds is 7. The van der Waals surface area contributed by atoms with Crippen LogP contribution in [0.25, 0.3) is 76.9 Å². The minimum absolute atomic E-state index is 0.544. The second-order valence-electron chi connectivity index (χ2n) is 17.1. The molecule has 11 aromatic carbocycles. The summed E-state index contributed by atoms with van der Waals surface area (Å²) in [5.74, 6) is 0. The van der Waals surface area contributed by atoms with Crippen molar-refractivity contribution in [3.8, 4) is 33.4 Å². The third-order valence-corrected chi connectivity index (χ3v) is 13.7. The van der Waals surface area contributed by atoms with Gasteiger partial charge in [0.1, 0.15) is 11.2 Å². The van der Waals surface area contributed by atoms with E-state index in [1.54, 1.807) is 0 Å². The summed E-state index contributed by atoms with van der Waals surface area (Å²) in [6.45, 7) is 0. The highest BCUT2D eigenvalue weighted by Gasteiger charge is 2.47. The summed E-state index contributed by atoms with van der Waals surface area (Å²) in [6, 6.07) is 90.9. The maximum atomic E-state index is 6.78. The van der Waals surface area contributed by atoms with Crippen molar-refractivity contribution in [3.05, 3.63) is 271 Å². The number of para-hydroxylation sites is 1. The van der Waals surface area contributed by atoms with Crippen molar-refractivity contribution >= 4 is 60.5 Å². The van der Waals surface area contributed by atoms with Crippen LogP contribution in [0.15, 0.2) is 253 Å². The van der Waals surface area contributed by atoms with E-state index in [9.17, 15) is 0 Å². The molecule has 0 saturated carbocycles. The van der Waals surface area contributed by atoms with Gasteiger partial charge in [-0.2, -0.15) is 0 Å². The van der Waals surface area contributed by atoms with Crippen molar-refractivity contribution in [1.29, 1.82) is 0 Å². The number of hydrogen-bond acceptors (Lipinski definition) is 2. The Morgan fingerprint density at radius 1 is 0.338 bits per heavy atom. The molecule has 0 bridgehead atoms.